The normalized spacial score (nSPS) is 18.1. The van der Waals surface area contributed by atoms with Gasteiger partial charge in [0.2, 0.25) is 5.91 Å². The van der Waals surface area contributed by atoms with E-state index in [0.29, 0.717) is 37.6 Å². The van der Waals surface area contributed by atoms with Crippen molar-refractivity contribution in [3.63, 3.8) is 0 Å². The molecule has 0 spiro atoms. The molecule has 20 heteroatoms. The molecule has 2 saturated heterocycles. The maximum absolute atomic E-state index is 14.6. The number of aromatic nitrogens is 1. The summed E-state index contributed by atoms with van der Waals surface area (Å²) in [6.07, 6.45) is 3.59. The van der Waals surface area contributed by atoms with Gasteiger partial charge in [-0.05, 0) is 49.1 Å². The Balaban J connectivity index is 1.18. The van der Waals surface area contributed by atoms with Crippen LogP contribution in [0.4, 0.5) is 18.4 Å². The van der Waals surface area contributed by atoms with Crippen LogP contribution in [0.3, 0.4) is 0 Å². The third-order valence-electron chi connectivity index (χ3n) is 9.17. The number of fused-ring (bicyclic) bond motifs is 1. The molecule has 52 heavy (non-hydrogen) atoms. The number of carbonyl (C=O) groups excluding carboxylic acids is 4. The van der Waals surface area contributed by atoms with Crippen molar-refractivity contribution < 1.29 is 57.8 Å². The smallest absolute Gasteiger partial charge is 0.534 e. The summed E-state index contributed by atoms with van der Waals surface area (Å²) in [5.41, 5.74) is -0.825. The highest BCUT2D eigenvalue weighted by Crippen LogP contribution is 2.41. The molecule has 0 bridgehead atoms. The molecule has 1 aromatic heterocycles. The molecule has 0 radical (unpaired) electrons. The summed E-state index contributed by atoms with van der Waals surface area (Å²) >= 11 is 6.19. The average Bonchev–Trinajstić information content (AvgIpc) is 3.52. The molecule has 6 amide bonds. The van der Waals surface area contributed by atoms with Gasteiger partial charge in [0, 0.05) is 50.2 Å². The molecule has 2 atom stereocenters. The quantitative estimate of drug-likeness (QED) is 0.152. The predicted molar refractivity (Wildman–Crippen MR) is 176 cm³/mol. The van der Waals surface area contributed by atoms with Crippen molar-refractivity contribution in [2.24, 2.45) is 0 Å². The Kier molecular flexibility index (Phi) is 10.1. The number of piperidine rings is 1. The number of hydrogen-bond acceptors (Lipinski definition) is 10. The molecule has 1 unspecified atom stereocenters. The summed E-state index contributed by atoms with van der Waals surface area (Å²) in [4.78, 5) is 73.2. The fourth-order valence-corrected chi connectivity index (χ4v) is 6.73. The van der Waals surface area contributed by atoms with E-state index in [1.165, 1.54) is 17.2 Å². The number of nitrogens with one attached hydrogen (secondary N) is 2. The van der Waals surface area contributed by atoms with Crippen LogP contribution in [-0.2, 0) is 11.2 Å². The van der Waals surface area contributed by atoms with Crippen LogP contribution in [0.5, 0.6) is 17.2 Å². The van der Waals surface area contributed by atoms with Gasteiger partial charge in [0.15, 0.2) is 17.3 Å². The van der Waals surface area contributed by atoms with Crippen LogP contribution in [0.25, 0.3) is 0 Å². The highest BCUT2D eigenvalue weighted by molar-refractivity contribution is 6.47. The molecule has 16 nitrogen and oxygen atoms in total. The molecule has 6 rings (SSSR count). The predicted octanol–water partition coefficient (Wildman–Crippen LogP) is 2.06. The number of aromatic carboxylic acids is 1. The van der Waals surface area contributed by atoms with Crippen LogP contribution in [0.2, 0.25) is 5.02 Å². The van der Waals surface area contributed by atoms with Gasteiger partial charge in [-0.25, -0.2) is 28.1 Å². The number of hydrogen-bond donors (Lipinski definition) is 6. The number of phenolic OH excluding ortho intramolecular Hbond substituents is 2. The molecule has 3 aromatic rings. The monoisotopic (exact) mass is 742 g/mol. The van der Waals surface area contributed by atoms with Gasteiger partial charge in [0.1, 0.15) is 23.2 Å². The van der Waals surface area contributed by atoms with Gasteiger partial charge < -0.3 is 45.4 Å². The van der Waals surface area contributed by atoms with E-state index in [0.717, 1.165) is 11.0 Å². The maximum atomic E-state index is 14.6. The Morgan fingerprint density at radius 2 is 1.77 bits per heavy atom. The lowest BCUT2D eigenvalue weighted by molar-refractivity contribution is -0.123. The van der Waals surface area contributed by atoms with E-state index >= 15 is 0 Å². The average molecular weight is 743 g/mol. The van der Waals surface area contributed by atoms with Gasteiger partial charge >= 0.3 is 25.1 Å². The van der Waals surface area contributed by atoms with E-state index < -0.39 is 88.1 Å². The highest BCUT2D eigenvalue weighted by Gasteiger charge is 2.43. The van der Waals surface area contributed by atoms with Gasteiger partial charge in [-0.3, -0.25) is 14.6 Å². The number of carboxylic acid groups (broad SMARTS) is 1. The second-order valence-corrected chi connectivity index (χ2v) is 12.7. The van der Waals surface area contributed by atoms with Gasteiger partial charge in [-0.15, -0.1) is 0 Å². The number of benzene rings is 2. The second-order valence-electron chi connectivity index (χ2n) is 12.3. The maximum Gasteiger partial charge on any atom is 0.547 e. The number of amides is 6. The molecule has 0 saturated carbocycles. The lowest BCUT2D eigenvalue weighted by Gasteiger charge is -2.36. The Morgan fingerprint density at radius 3 is 2.44 bits per heavy atom. The van der Waals surface area contributed by atoms with Crippen LogP contribution < -0.4 is 15.3 Å². The summed E-state index contributed by atoms with van der Waals surface area (Å²) < 4.78 is 34.1. The Labute approximate surface area is 298 Å². The van der Waals surface area contributed by atoms with Crippen molar-refractivity contribution in [3.05, 3.63) is 81.6 Å². The van der Waals surface area contributed by atoms with Gasteiger partial charge in [0.05, 0.1) is 16.5 Å². The van der Waals surface area contributed by atoms with E-state index in [1.54, 1.807) is 23.2 Å². The van der Waals surface area contributed by atoms with Crippen molar-refractivity contribution in [3.8, 4) is 17.2 Å². The molecule has 272 valence electrons. The van der Waals surface area contributed by atoms with Crippen LogP contribution in [0.15, 0.2) is 42.7 Å². The largest absolute Gasteiger partial charge is 0.547 e. The lowest BCUT2D eigenvalue weighted by Crippen LogP contribution is -2.56. The molecule has 2 fully saturated rings. The zero-order chi connectivity index (χ0) is 37.4. The van der Waals surface area contributed by atoms with Gasteiger partial charge in [-0.1, -0.05) is 17.7 Å². The van der Waals surface area contributed by atoms with Crippen molar-refractivity contribution in [1.29, 1.82) is 0 Å². The number of halogens is 3. The first-order valence-electron chi connectivity index (χ1n) is 15.9. The Hall–Kier alpha value is -5.69. The lowest BCUT2D eigenvalue weighted by atomic mass is 9.72. The third kappa shape index (κ3) is 6.83. The number of carboxylic acids is 1. The van der Waals surface area contributed by atoms with E-state index in [9.17, 15) is 53.1 Å². The number of phenols is 2. The van der Waals surface area contributed by atoms with E-state index in [4.69, 9.17) is 16.3 Å². The fourth-order valence-electron chi connectivity index (χ4n) is 6.48. The molecule has 3 aliphatic heterocycles. The van der Waals surface area contributed by atoms with E-state index in [2.05, 4.69) is 15.6 Å². The summed E-state index contributed by atoms with van der Waals surface area (Å²) in [6.45, 7) is 0.715. The number of aromatic hydroxyl groups is 2. The number of urea groups is 2. The third-order valence-corrected chi connectivity index (χ3v) is 9.57. The van der Waals surface area contributed by atoms with Crippen molar-refractivity contribution in [2.45, 2.75) is 37.3 Å². The fraction of sp³-hybridized carbons (Fsp3) is 0.312. The summed E-state index contributed by atoms with van der Waals surface area (Å²) in [5, 5.41) is 44.2. The van der Waals surface area contributed by atoms with Gasteiger partial charge in [0.25, 0.3) is 5.91 Å². The van der Waals surface area contributed by atoms with Crippen molar-refractivity contribution >= 4 is 48.6 Å². The van der Waals surface area contributed by atoms with Gasteiger partial charge in [-0.2, -0.15) is 0 Å². The van der Waals surface area contributed by atoms with Crippen molar-refractivity contribution in [2.75, 3.05) is 26.2 Å². The minimum Gasteiger partial charge on any atom is -0.534 e. The minimum absolute atomic E-state index is 0.106. The number of rotatable bonds is 7. The standard InChI is InChI=1S/C32H30BClF2N6O10/c34-23-18(13-20(36)25(43)26(23)44)24(28(45)38-21-12-15-3-4-19(35)22(30(47)48)27(15)52-33(21)51)39-31(49)42-11-10-41(32(42)50)17-5-8-40(9-6-17)29(46)16-2-1-7-37-14-16/h1-4,7,13-14,17,21,24,43-44,51H,5-6,8-12H2,(H,38,45)(H,39,49)(H,47,48)/t21-,24?/m0/s1. The number of likely N-dealkylation sites (tertiary alicyclic amines) is 1. The van der Waals surface area contributed by atoms with Crippen molar-refractivity contribution in [1.82, 2.24) is 30.3 Å². The molecule has 0 aliphatic carbocycles. The minimum atomic E-state index is -1.94. The number of pyridine rings is 1. The second kappa shape index (κ2) is 14.5. The highest BCUT2D eigenvalue weighted by atomic mass is 35.5. The molecule has 6 N–H and O–H groups in total. The Bertz CT molecular complexity index is 1950. The Morgan fingerprint density at radius 1 is 1.04 bits per heavy atom. The number of imide groups is 1. The molecule has 2 aromatic carbocycles. The van der Waals surface area contributed by atoms with E-state index in [-0.39, 0.29) is 37.0 Å². The summed E-state index contributed by atoms with van der Waals surface area (Å²) in [6, 6.07) is 1.90. The van der Waals surface area contributed by atoms with E-state index in [1.807, 2.05) is 0 Å². The molecule has 3 aliphatic rings. The summed E-state index contributed by atoms with van der Waals surface area (Å²) in [5.74, 6) is -9.69. The first-order valence-corrected chi connectivity index (χ1v) is 16.3. The number of carbonyl (C=O) groups is 5. The zero-order valence-electron chi connectivity index (χ0n) is 27.0. The van der Waals surface area contributed by atoms with Crippen LogP contribution in [0, 0.1) is 11.6 Å². The zero-order valence-corrected chi connectivity index (χ0v) is 27.7. The first kappa shape index (κ1) is 36.1. The van der Waals surface area contributed by atoms with Crippen LogP contribution in [-0.4, -0.2) is 115 Å². The SMILES string of the molecule is O=C(O)c1c(F)ccc2c1OB(O)[C@@H](NC(=O)C(NC(=O)N1CCN(C3CCN(C(=O)c4cccnc4)CC3)C1=O)c1cc(F)c(O)c(O)c1Cl)C2. The number of nitrogens with zero attached hydrogens (tertiary/aromatic N) is 4. The molecular weight excluding hydrogens is 713 g/mol. The molecule has 4 heterocycles. The topological polar surface area (TPSA) is 222 Å². The first-order chi connectivity index (χ1) is 24.8. The molecular formula is C32H30BClF2N6O10. The summed E-state index contributed by atoms with van der Waals surface area (Å²) in [7, 11) is -1.92. The van der Waals surface area contributed by atoms with Crippen LogP contribution >= 0.6 is 11.6 Å². The van der Waals surface area contributed by atoms with Crippen LogP contribution in [0.1, 0.15) is 50.7 Å².